The Hall–Kier alpha value is -3.45. The Morgan fingerprint density at radius 3 is 2.05 bits per heavy atom. The second-order valence-electron chi connectivity index (χ2n) is 8.69. The highest BCUT2D eigenvalue weighted by Gasteiger charge is 2.53. The highest BCUT2D eigenvalue weighted by Crippen LogP contribution is 2.34. The maximum Gasteiger partial charge on any atom is 0.187 e. The second-order valence-corrected chi connectivity index (χ2v) is 8.69. The molecule has 1 aliphatic carbocycles. The molecule has 22 heteroatoms. The molecular weight excluding hydrogens is 532 g/mol. The molecule has 0 aromatic rings. The van der Waals surface area contributed by atoms with Crippen molar-refractivity contribution in [3.05, 3.63) is 41.8 Å². The number of aliphatic hydroxyl groups excluding tert-OH is 5. The second kappa shape index (κ2) is 13.6. The van der Waals surface area contributed by atoms with Gasteiger partial charge in [-0.1, -0.05) is 20.5 Å². The summed E-state index contributed by atoms with van der Waals surface area (Å²) in [6, 6.07) is -4.24. The number of azide groups is 4. The maximum absolute atomic E-state index is 11.7. The smallest absolute Gasteiger partial charge is 0.187 e. The van der Waals surface area contributed by atoms with Gasteiger partial charge in [0.2, 0.25) is 0 Å². The van der Waals surface area contributed by atoms with Crippen LogP contribution in [0, 0.1) is 0 Å². The summed E-state index contributed by atoms with van der Waals surface area (Å²) in [6.45, 7) is -0.450. The first kappa shape index (κ1) is 30.1. The molecule has 2 heterocycles. The summed E-state index contributed by atoms with van der Waals surface area (Å²) in [7, 11) is 0. The fraction of sp³-hybridized carbons (Fsp3) is 0.941. The topological polar surface area (TPSA) is 350 Å². The normalized spacial score (nSPS) is 43.6. The van der Waals surface area contributed by atoms with E-state index in [2.05, 4.69) is 40.1 Å². The van der Waals surface area contributed by atoms with E-state index in [1.165, 1.54) is 0 Å². The van der Waals surface area contributed by atoms with Crippen molar-refractivity contribution in [3.8, 4) is 0 Å². The van der Waals surface area contributed by atoms with Crippen LogP contribution in [0.4, 0.5) is 0 Å². The molecule has 3 fully saturated rings. The molecule has 2 aliphatic heterocycles. The molecule has 3 unspecified atom stereocenters. The van der Waals surface area contributed by atoms with Gasteiger partial charge < -0.3 is 49.3 Å². The third kappa shape index (κ3) is 6.41. The Labute approximate surface area is 217 Å². The summed E-state index contributed by atoms with van der Waals surface area (Å²) in [5, 5.41) is 65.7. The number of hydrogen-bond donors (Lipinski definition) is 5. The van der Waals surface area contributed by atoms with Crippen LogP contribution < -0.4 is 0 Å². The molecule has 0 amide bonds. The average Bonchev–Trinajstić information content (AvgIpc) is 3.21. The molecule has 2 saturated heterocycles. The average molecular weight is 556 g/mol. The van der Waals surface area contributed by atoms with Crippen LogP contribution in [0.15, 0.2) is 20.5 Å². The summed E-state index contributed by atoms with van der Waals surface area (Å²) in [4.78, 5) is 22.0. The molecule has 0 radical (unpaired) electrons. The Kier molecular flexibility index (Phi) is 10.5. The first-order chi connectivity index (χ1) is 18.7. The first-order valence-electron chi connectivity index (χ1n) is 11.3. The fourth-order valence-corrected chi connectivity index (χ4v) is 4.53. The molecule has 5 N–H and O–H groups in total. The summed E-state index contributed by atoms with van der Waals surface area (Å²) in [5.41, 5.74) is 35.0. The highest BCUT2D eigenvalue weighted by atomic mass is 16.7. The van der Waals surface area contributed by atoms with E-state index in [9.17, 15) is 30.3 Å². The van der Waals surface area contributed by atoms with Gasteiger partial charge in [-0.2, -0.15) is 0 Å². The molecule has 212 valence electrons. The lowest BCUT2D eigenvalue weighted by Crippen LogP contribution is -2.59. The Bertz CT molecular complexity index is 1070. The van der Waals surface area contributed by atoms with Crippen molar-refractivity contribution >= 4 is 6.29 Å². The first-order valence-corrected chi connectivity index (χ1v) is 11.3. The Balaban J connectivity index is 1.80. The number of carbonyl (C=O) groups excluding carboxylic acids is 1. The van der Waals surface area contributed by atoms with Crippen molar-refractivity contribution < 1.29 is 49.3 Å². The van der Waals surface area contributed by atoms with Crippen molar-refractivity contribution in [1.82, 2.24) is 0 Å². The number of carbonyl (C=O) groups is 1. The van der Waals surface area contributed by atoms with Crippen LogP contribution in [-0.4, -0.2) is 124 Å². The molecule has 14 atom stereocenters. The van der Waals surface area contributed by atoms with Gasteiger partial charge in [0.15, 0.2) is 18.9 Å². The summed E-state index contributed by atoms with van der Waals surface area (Å²) < 4.78 is 22.1. The quantitative estimate of drug-likeness (QED) is 0.0940. The van der Waals surface area contributed by atoms with E-state index in [-0.39, 0.29) is 12.7 Å². The number of nitrogens with zero attached hydrogens (tertiary/aromatic N) is 12. The van der Waals surface area contributed by atoms with Crippen LogP contribution >= 0.6 is 0 Å². The van der Waals surface area contributed by atoms with Crippen molar-refractivity contribution in [2.24, 2.45) is 20.5 Å². The van der Waals surface area contributed by atoms with E-state index < -0.39 is 92.2 Å². The predicted octanol–water partition coefficient (Wildman–Crippen LogP) is -1.04. The molecular formula is C17H24N12O10. The van der Waals surface area contributed by atoms with Gasteiger partial charge in [0.25, 0.3) is 0 Å². The van der Waals surface area contributed by atoms with Crippen molar-refractivity contribution in [2.45, 2.75) is 92.1 Å². The lowest BCUT2D eigenvalue weighted by molar-refractivity contribution is -0.278. The number of rotatable bonds is 10. The van der Waals surface area contributed by atoms with E-state index in [4.69, 9.17) is 41.1 Å². The molecule has 3 aliphatic rings. The third-order valence-electron chi connectivity index (χ3n) is 6.48. The van der Waals surface area contributed by atoms with Crippen LogP contribution in [0.5, 0.6) is 0 Å². The molecule has 0 aromatic carbocycles. The Morgan fingerprint density at radius 1 is 0.769 bits per heavy atom. The standard InChI is InChI=1S/C17H24N12O10/c18-26-22-2-6-12(33)13(34)9(25-29-21)16(37-6)39-15-7(3-30)38-17(14(15)35)36-5-1-4(23-27-19)10(31)8(11(5)32)24-28-20/h3-17,31-35H,1-2H2/t4?,5-,6-,7+,8?,9?,10-,11+,12+,13+,14+,15+,16+,17+/m0/s1. The monoisotopic (exact) mass is 556 g/mol. The van der Waals surface area contributed by atoms with Crippen LogP contribution in [0.2, 0.25) is 0 Å². The summed E-state index contributed by atoms with van der Waals surface area (Å²) in [6.07, 6.45) is -17.4. The van der Waals surface area contributed by atoms with Gasteiger partial charge in [-0.05, 0) is 28.5 Å². The van der Waals surface area contributed by atoms with Gasteiger partial charge in [-0.3, -0.25) is 0 Å². The summed E-state index contributed by atoms with van der Waals surface area (Å²) in [5.74, 6) is 0. The van der Waals surface area contributed by atoms with Crippen LogP contribution in [0.25, 0.3) is 41.8 Å². The zero-order valence-electron chi connectivity index (χ0n) is 19.7. The fourth-order valence-electron chi connectivity index (χ4n) is 4.53. The molecule has 1 saturated carbocycles. The third-order valence-corrected chi connectivity index (χ3v) is 6.48. The number of aldehydes is 1. The lowest BCUT2D eigenvalue weighted by atomic mass is 9.84. The van der Waals surface area contributed by atoms with Crippen molar-refractivity contribution in [1.29, 1.82) is 0 Å². The van der Waals surface area contributed by atoms with Gasteiger partial charge >= 0.3 is 0 Å². The largest absolute Gasteiger partial charge is 0.392 e. The van der Waals surface area contributed by atoms with E-state index in [0.29, 0.717) is 0 Å². The van der Waals surface area contributed by atoms with Crippen LogP contribution in [-0.2, 0) is 23.7 Å². The molecule has 0 bridgehead atoms. The molecule has 0 spiro atoms. The van der Waals surface area contributed by atoms with Crippen molar-refractivity contribution in [2.75, 3.05) is 6.54 Å². The van der Waals surface area contributed by atoms with Gasteiger partial charge in [-0.25, -0.2) is 0 Å². The number of aliphatic hydroxyl groups is 5. The van der Waals surface area contributed by atoms with Crippen molar-refractivity contribution in [3.63, 3.8) is 0 Å². The minimum absolute atomic E-state index is 0.248. The zero-order chi connectivity index (χ0) is 28.7. The molecule has 0 aromatic heterocycles. The number of ether oxygens (including phenoxy) is 4. The lowest BCUT2D eigenvalue weighted by Gasteiger charge is -2.41. The molecule has 39 heavy (non-hydrogen) atoms. The van der Waals surface area contributed by atoms with E-state index >= 15 is 0 Å². The number of hydrogen-bond acceptors (Lipinski definition) is 14. The Morgan fingerprint density at radius 2 is 1.44 bits per heavy atom. The van der Waals surface area contributed by atoms with Gasteiger partial charge in [0.05, 0.1) is 49.1 Å². The van der Waals surface area contributed by atoms with Crippen LogP contribution in [0.3, 0.4) is 0 Å². The predicted molar refractivity (Wildman–Crippen MR) is 121 cm³/mol. The van der Waals surface area contributed by atoms with E-state index in [1.54, 1.807) is 0 Å². The molecule has 22 nitrogen and oxygen atoms in total. The highest BCUT2D eigenvalue weighted by molar-refractivity contribution is 5.58. The van der Waals surface area contributed by atoms with E-state index in [0.717, 1.165) is 0 Å². The van der Waals surface area contributed by atoms with Crippen LogP contribution in [0.1, 0.15) is 6.42 Å². The minimum atomic E-state index is -1.77. The minimum Gasteiger partial charge on any atom is -0.392 e. The van der Waals surface area contributed by atoms with E-state index in [1.807, 2.05) is 0 Å². The van der Waals surface area contributed by atoms with Gasteiger partial charge in [-0.15, -0.1) is 0 Å². The SMILES string of the molecule is [N-]=[N+]=NC[C@@H]1O[C@H](O[C@H]2[C@@H](O)[C@H](O[C@H]3CC(N=[N+]=[N-])[C@H](O)C(N=[N+]=[N-])[C@@H]3O)O[C@@H]2C=O)C(N=[N+]=[N-])[C@@H](O)[C@@H]1O. The van der Waals surface area contributed by atoms with Gasteiger partial charge in [0, 0.05) is 19.6 Å². The maximum atomic E-state index is 11.7. The zero-order valence-corrected chi connectivity index (χ0v) is 19.7. The summed E-state index contributed by atoms with van der Waals surface area (Å²) >= 11 is 0. The van der Waals surface area contributed by atoms with Gasteiger partial charge in [0.1, 0.15) is 30.5 Å². The molecule has 3 rings (SSSR count).